The minimum absolute atomic E-state index is 0.176. The van der Waals surface area contributed by atoms with E-state index >= 15 is 0 Å². The average molecular weight is 371 g/mol. The van der Waals surface area contributed by atoms with E-state index in [-0.39, 0.29) is 5.91 Å². The highest BCUT2D eigenvalue weighted by molar-refractivity contribution is 5.80. The molecule has 1 saturated heterocycles. The van der Waals surface area contributed by atoms with E-state index in [2.05, 4.69) is 59.7 Å². The van der Waals surface area contributed by atoms with E-state index in [0.717, 1.165) is 51.3 Å². The molecule has 0 bridgehead atoms. The van der Waals surface area contributed by atoms with Crippen molar-refractivity contribution in [3.8, 4) is 0 Å². The van der Waals surface area contributed by atoms with Crippen LogP contribution in [-0.2, 0) is 4.79 Å². The number of benzene rings is 1. The number of hydrogen-bond donors (Lipinski definition) is 2. The van der Waals surface area contributed by atoms with Gasteiger partial charge in [0.2, 0.25) is 5.91 Å². The van der Waals surface area contributed by atoms with Crippen LogP contribution in [0, 0.1) is 5.92 Å². The van der Waals surface area contributed by atoms with Crippen molar-refractivity contribution in [3.63, 3.8) is 0 Å². The van der Waals surface area contributed by atoms with Gasteiger partial charge in [-0.25, -0.2) is 0 Å². The van der Waals surface area contributed by atoms with Gasteiger partial charge in [-0.15, -0.1) is 0 Å². The predicted octanol–water partition coefficient (Wildman–Crippen LogP) is 3.14. The molecule has 1 aliphatic heterocycles. The third kappa shape index (κ3) is 5.98. The van der Waals surface area contributed by atoms with Crippen LogP contribution in [-0.4, -0.2) is 49.0 Å². The summed E-state index contributed by atoms with van der Waals surface area (Å²) in [5, 5.41) is 6.48. The Hall–Kier alpha value is -2.04. The molecule has 1 aromatic rings. The van der Waals surface area contributed by atoms with E-state index in [9.17, 15) is 4.79 Å². The molecule has 2 fully saturated rings. The molecule has 3 rings (SSSR count). The zero-order chi connectivity index (χ0) is 19.1. The summed E-state index contributed by atoms with van der Waals surface area (Å²) < 4.78 is 0. The molecular weight excluding hydrogens is 336 g/mol. The van der Waals surface area contributed by atoms with Crippen LogP contribution < -0.4 is 10.6 Å². The first kappa shape index (κ1) is 19.7. The molecule has 0 aromatic heterocycles. The standard InChI is InChI=1S/C22H34N4O/c1-3-23-22(24-14-7-10-21(27)25-19-11-12-19)26-15-13-20(17(2)16-26)18-8-5-4-6-9-18/h4-6,8-9,17,19-20H,3,7,10-16H2,1-2H3,(H,23,24)(H,25,27). The number of nitrogens with zero attached hydrogens (tertiary/aromatic N) is 2. The molecule has 1 saturated carbocycles. The molecule has 5 nitrogen and oxygen atoms in total. The molecule has 0 radical (unpaired) electrons. The number of guanidine groups is 1. The summed E-state index contributed by atoms with van der Waals surface area (Å²) in [6.45, 7) is 8.07. The zero-order valence-corrected chi connectivity index (χ0v) is 16.8. The van der Waals surface area contributed by atoms with Gasteiger partial charge in [0.15, 0.2) is 5.96 Å². The summed E-state index contributed by atoms with van der Waals surface area (Å²) in [4.78, 5) is 19.0. The SMILES string of the molecule is CCNC(=NCCCC(=O)NC1CC1)N1CCC(c2ccccc2)C(C)C1. The lowest BCUT2D eigenvalue weighted by atomic mass is 9.82. The minimum atomic E-state index is 0.176. The van der Waals surface area contributed by atoms with Gasteiger partial charge in [-0.3, -0.25) is 9.79 Å². The van der Waals surface area contributed by atoms with Crippen LogP contribution in [0.3, 0.4) is 0 Å². The van der Waals surface area contributed by atoms with Crippen LogP contribution in [0.5, 0.6) is 0 Å². The summed E-state index contributed by atoms with van der Waals surface area (Å²) in [5.41, 5.74) is 1.45. The maximum absolute atomic E-state index is 11.8. The first-order valence-corrected chi connectivity index (χ1v) is 10.5. The molecular formula is C22H34N4O. The second-order valence-corrected chi connectivity index (χ2v) is 7.91. The van der Waals surface area contributed by atoms with Gasteiger partial charge in [0.05, 0.1) is 0 Å². The topological polar surface area (TPSA) is 56.7 Å². The molecule has 148 valence electrons. The van der Waals surface area contributed by atoms with Crippen LogP contribution >= 0.6 is 0 Å². The van der Waals surface area contributed by atoms with Gasteiger partial charge in [0.1, 0.15) is 0 Å². The van der Waals surface area contributed by atoms with Crippen molar-refractivity contribution < 1.29 is 4.79 Å². The van der Waals surface area contributed by atoms with Gasteiger partial charge in [0, 0.05) is 38.6 Å². The summed E-state index contributed by atoms with van der Waals surface area (Å²) in [5.74, 6) is 2.39. The van der Waals surface area contributed by atoms with E-state index in [1.54, 1.807) is 0 Å². The monoisotopic (exact) mass is 370 g/mol. The van der Waals surface area contributed by atoms with Crippen molar-refractivity contribution in [1.82, 2.24) is 15.5 Å². The molecule has 1 aromatic carbocycles. The lowest BCUT2D eigenvalue weighted by Crippen LogP contribution is -2.48. The number of likely N-dealkylation sites (tertiary alicyclic amines) is 1. The normalized spacial score (nSPS) is 23.2. The summed E-state index contributed by atoms with van der Waals surface area (Å²) in [6, 6.07) is 11.3. The molecule has 5 heteroatoms. The molecule has 2 aliphatic rings. The van der Waals surface area contributed by atoms with Crippen molar-refractivity contribution in [2.45, 2.75) is 57.9 Å². The van der Waals surface area contributed by atoms with Crippen molar-refractivity contribution in [2.75, 3.05) is 26.2 Å². The number of rotatable bonds is 7. The van der Waals surface area contributed by atoms with Crippen LogP contribution in [0.15, 0.2) is 35.3 Å². The fraction of sp³-hybridized carbons (Fsp3) is 0.636. The largest absolute Gasteiger partial charge is 0.357 e. The number of aliphatic imine (C=N–C) groups is 1. The minimum Gasteiger partial charge on any atom is -0.357 e. The van der Waals surface area contributed by atoms with Crippen molar-refractivity contribution in [1.29, 1.82) is 0 Å². The fourth-order valence-electron chi connectivity index (χ4n) is 3.91. The van der Waals surface area contributed by atoms with Gasteiger partial charge in [-0.1, -0.05) is 37.3 Å². The van der Waals surface area contributed by atoms with E-state index < -0.39 is 0 Å². The van der Waals surface area contributed by atoms with Crippen LogP contribution in [0.4, 0.5) is 0 Å². The maximum Gasteiger partial charge on any atom is 0.220 e. The molecule has 2 N–H and O–H groups in total. The molecule has 1 amide bonds. The third-order valence-corrected chi connectivity index (χ3v) is 5.53. The molecule has 1 heterocycles. The Morgan fingerprint density at radius 3 is 2.67 bits per heavy atom. The number of piperidine rings is 1. The predicted molar refractivity (Wildman–Crippen MR) is 111 cm³/mol. The zero-order valence-electron chi connectivity index (χ0n) is 16.8. The lowest BCUT2D eigenvalue weighted by molar-refractivity contribution is -0.121. The highest BCUT2D eigenvalue weighted by atomic mass is 16.1. The second-order valence-electron chi connectivity index (χ2n) is 7.91. The molecule has 0 spiro atoms. The van der Waals surface area contributed by atoms with Crippen molar-refractivity contribution >= 4 is 11.9 Å². The Morgan fingerprint density at radius 2 is 2.00 bits per heavy atom. The molecule has 27 heavy (non-hydrogen) atoms. The lowest BCUT2D eigenvalue weighted by Gasteiger charge is -2.39. The van der Waals surface area contributed by atoms with Gasteiger partial charge < -0.3 is 15.5 Å². The van der Waals surface area contributed by atoms with Crippen LogP contribution in [0.25, 0.3) is 0 Å². The highest BCUT2D eigenvalue weighted by Crippen LogP contribution is 2.32. The number of nitrogens with one attached hydrogen (secondary N) is 2. The Morgan fingerprint density at radius 1 is 1.22 bits per heavy atom. The average Bonchev–Trinajstić information content (AvgIpc) is 3.49. The smallest absolute Gasteiger partial charge is 0.220 e. The number of carbonyl (C=O) groups excluding carboxylic acids is 1. The summed E-state index contributed by atoms with van der Waals surface area (Å²) in [7, 11) is 0. The Labute approximate surface area is 163 Å². The van der Waals surface area contributed by atoms with E-state index in [1.165, 1.54) is 5.56 Å². The van der Waals surface area contributed by atoms with Gasteiger partial charge in [0.25, 0.3) is 0 Å². The van der Waals surface area contributed by atoms with Gasteiger partial charge in [-0.2, -0.15) is 0 Å². The van der Waals surface area contributed by atoms with E-state index in [1.807, 2.05) is 0 Å². The Balaban J connectivity index is 1.49. The van der Waals surface area contributed by atoms with E-state index in [0.29, 0.717) is 30.8 Å². The van der Waals surface area contributed by atoms with Gasteiger partial charge >= 0.3 is 0 Å². The Kier molecular flexibility index (Phi) is 7.13. The van der Waals surface area contributed by atoms with Crippen LogP contribution in [0.1, 0.15) is 57.4 Å². The van der Waals surface area contributed by atoms with E-state index in [4.69, 9.17) is 4.99 Å². The molecule has 2 atom stereocenters. The first-order valence-electron chi connectivity index (χ1n) is 10.5. The first-order chi connectivity index (χ1) is 13.2. The number of hydrogen-bond acceptors (Lipinski definition) is 2. The van der Waals surface area contributed by atoms with Gasteiger partial charge in [-0.05, 0) is 50.0 Å². The summed E-state index contributed by atoms with van der Waals surface area (Å²) >= 11 is 0. The van der Waals surface area contributed by atoms with Crippen LogP contribution in [0.2, 0.25) is 0 Å². The third-order valence-electron chi connectivity index (χ3n) is 5.53. The number of carbonyl (C=O) groups is 1. The summed E-state index contributed by atoms with van der Waals surface area (Å²) in [6.07, 6.45) is 4.83. The number of amides is 1. The maximum atomic E-state index is 11.8. The Bertz CT molecular complexity index is 626. The quantitative estimate of drug-likeness (QED) is 0.440. The van der Waals surface area contributed by atoms with Crippen molar-refractivity contribution in [2.24, 2.45) is 10.9 Å². The fourth-order valence-corrected chi connectivity index (χ4v) is 3.91. The second kappa shape index (κ2) is 9.77. The molecule has 1 aliphatic carbocycles. The van der Waals surface area contributed by atoms with Crippen molar-refractivity contribution in [3.05, 3.63) is 35.9 Å². The molecule has 2 unspecified atom stereocenters. The highest BCUT2D eigenvalue weighted by Gasteiger charge is 2.28.